The fraction of sp³-hybridized carbons (Fsp3) is 0.0667. The van der Waals surface area contributed by atoms with Crippen molar-refractivity contribution in [3.63, 3.8) is 0 Å². The topological polar surface area (TPSA) is 57.8 Å². The number of amides is 1. The normalized spacial score (nSPS) is 10.8. The molecular formula is C15H11ClFN3O. The van der Waals surface area contributed by atoms with E-state index in [0.29, 0.717) is 10.5 Å². The second-order valence-electron chi connectivity index (χ2n) is 4.59. The van der Waals surface area contributed by atoms with Gasteiger partial charge in [0.25, 0.3) is 0 Å². The summed E-state index contributed by atoms with van der Waals surface area (Å²) < 4.78 is 13.8. The SMILES string of the molecule is O=C(Cc1cccc(Cl)c1)Nc1n[nH]c2cccc(F)c12. The van der Waals surface area contributed by atoms with E-state index in [1.54, 1.807) is 36.4 Å². The van der Waals surface area contributed by atoms with E-state index in [0.717, 1.165) is 5.56 Å². The van der Waals surface area contributed by atoms with Crippen LogP contribution in [-0.2, 0) is 11.2 Å². The van der Waals surface area contributed by atoms with Crippen LogP contribution in [-0.4, -0.2) is 16.1 Å². The zero-order chi connectivity index (χ0) is 14.8. The molecule has 0 atom stereocenters. The van der Waals surface area contributed by atoms with Crippen molar-refractivity contribution >= 4 is 34.2 Å². The van der Waals surface area contributed by atoms with E-state index in [1.165, 1.54) is 6.07 Å². The maximum atomic E-state index is 13.8. The van der Waals surface area contributed by atoms with Crippen LogP contribution in [0.15, 0.2) is 42.5 Å². The summed E-state index contributed by atoms with van der Waals surface area (Å²) in [5, 5.41) is 10.1. The average molecular weight is 304 g/mol. The molecule has 0 unspecified atom stereocenters. The standard InChI is InChI=1S/C15H11ClFN3O/c16-10-4-1-3-9(7-10)8-13(21)18-15-14-11(17)5-2-6-12(14)19-20-15/h1-7H,8H2,(H2,18,19,20,21). The van der Waals surface area contributed by atoms with E-state index >= 15 is 0 Å². The molecule has 1 amide bonds. The van der Waals surface area contributed by atoms with Crippen molar-refractivity contribution in [2.45, 2.75) is 6.42 Å². The number of anilines is 1. The number of benzene rings is 2. The van der Waals surface area contributed by atoms with E-state index in [9.17, 15) is 9.18 Å². The van der Waals surface area contributed by atoms with E-state index in [4.69, 9.17) is 11.6 Å². The third-order valence-corrected chi connectivity index (χ3v) is 3.29. The number of halogens is 2. The van der Waals surface area contributed by atoms with Gasteiger partial charge in [-0.2, -0.15) is 5.10 Å². The number of hydrogen-bond acceptors (Lipinski definition) is 2. The van der Waals surface area contributed by atoms with Gasteiger partial charge in [0.05, 0.1) is 17.3 Å². The van der Waals surface area contributed by atoms with Gasteiger partial charge in [0.2, 0.25) is 5.91 Å². The van der Waals surface area contributed by atoms with E-state index in [-0.39, 0.29) is 23.5 Å². The second kappa shape index (κ2) is 5.54. The van der Waals surface area contributed by atoms with Gasteiger partial charge in [0.1, 0.15) is 5.82 Å². The van der Waals surface area contributed by atoms with Crippen LogP contribution >= 0.6 is 11.6 Å². The molecule has 2 N–H and O–H groups in total. The van der Waals surface area contributed by atoms with Crippen molar-refractivity contribution in [3.05, 3.63) is 58.9 Å². The number of nitrogens with one attached hydrogen (secondary N) is 2. The number of rotatable bonds is 3. The summed E-state index contributed by atoms with van der Waals surface area (Å²) in [5.74, 6) is -0.525. The minimum atomic E-state index is -0.431. The fourth-order valence-electron chi connectivity index (χ4n) is 2.13. The Bertz CT molecular complexity index is 816. The van der Waals surface area contributed by atoms with Crippen LogP contribution in [0.5, 0.6) is 0 Å². The highest BCUT2D eigenvalue weighted by molar-refractivity contribution is 6.30. The summed E-state index contributed by atoms with van der Waals surface area (Å²) in [7, 11) is 0. The number of carbonyl (C=O) groups excluding carboxylic acids is 1. The quantitative estimate of drug-likeness (QED) is 0.777. The highest BCUT2D eigenvalue weighted by Crippen LogP contribution is 2.23. The minimum absolute atomic E-state index is 0.142. The molecule has 0 aliphatic heterocycles. The second-order valence-corrected chi connectivity index (χ2v) is 5.03. The van der Waals surface area contributed by atoms with Crippen LogP contribution in [0.1, 0.15) is 5.56 Å². The molecule has 1 heterocycles. The van der Waals surface area contributed by atoms with Gasteiger partial charge in [0.15, 0.2) is 5.82 Å². The lowest BCUT2D eigenvalue weighted by atomic mass is 10.1. The Morgan fingerprint density at radius 1 is 1.29 bits per heavy atom. The van der Waals surface area contributed by atoms with Gasteiger partial charge in [-0.05, 0) is 29.8 Å². The summed E-state index contributed by atoms with van der Waals surface area (Å²) in [6.45, 7) is 0. The third kappa shape index (κ3) is 2.87. The average Bonchev–Trinajstić information content (AvgIpc) is 2.83. The molecular weight excluding hydrogens is 293 g/mol. The zero-order valence-electron chi connectivity index (χ0n) is 10.9. The van der Waals surface area contributed by atoms with Gasteiger partial charge in [0, 0.05) is 5.02 Å². The summed E-state index contributed by atoms with van der Waals surface area (Å²) in [5.41, 5.74) is 1.31. The first kappa shape index (κ1) is 13.6. The minimum Gasteiger partial charge on any atom is -0.308 e. The predicted octanol–water partition coefficient (Wildman–Crippen LogP) is 3.54. The number of aromatic nitrogens is 2. The Morgan fingerprint density at radius 3 is 2.90 bits per heavy atom. The Kier molecular flexibility index (Phi) is 3.58. The Balaban J connectivity index is 1.81. The molecule has 1 aromatic heterocycles. The van der Waals surface area contributed by atoms with E-state index in [1.807, 2.05) is 0 Å². The van der Waals surface area contributed by atoms with Crippen LogP contribution < -0.4 is 5.32 Å². The maximum Gasteiger partial charge on any atom is 0.230 e. The lowest BCUT2D eigenvalue weighted by Crippen LogP contribution is -2.15. The molecule has 0 radical (unpaired) electrons. The number of aromatic amines is 1. The molecule has 0 aliphatic rings. The van der Waals surface area contributed by atoms with E-state index < -0.39 is 5.82 Å². The molecule has 0 bridgehead atoms. The van der Waals surface area contributed by atoms with Gasteiger partial charge in [-0.25, -0.2) is 4.39 Å². The first-order valence-electron chi connectivity index (χ1n) is 6.30. The van der Waals surface area contributed by atoms with Crippen molar-refractivity contribution in [3.8, 4) is 0 Å². The number of nitrogens with zero attached hydrogens (tertiary/aromatic N) is 1. The monoisotopic (exact) mass is 303 g/mol. The summed E-state index contributed by atoms with van der Waals surface area (Å²) in [6, 6.07) is 11.6. The highest BCUT2D eigenvalue weighted by Gasteiger charge is 2.13. The number of H-pyrrole nitrogens is 1. The van der Waals surface area contributed by atoms with Gasteiger partial charge in [-0.3, -0.25) is 9.89 Å². The van der Waals surface area contributed by atoms with Crippen molar-refractivity contribution in [2.24, 2.45) is 0 Å². The Labute approximate surface area is 124 Å². The third-order valence-electron chi connectivity index (χ3n) is 3.05. The lowest BCUT2D eigenvalue weighted by Gasteiger charge is -2.03. The number of carbonyl (C=O) groups is 1. The molecule has 0 spiro atoms. The number of hydrogen-bond donors (Lipinski definition) is 2. The van der Waals surface area contributed by atoms with Gasteiger partial charge in [-0.15, -0.1) is 0 Å². The van der Waals surface area contributed by atoms with Crippen molar-refractivity contribution in [1.82, 2.24) is 10.2 Å². The molecule has 21 heavy (non-hydrogen) atoms. The molecule has 6 heteroatoms. The largest absolute Gasteiger partial charge is 0.308 e. The highest BCUT2D eigenvalue weighted by atomic mass is 35.5. The first-order valence-corrected chi connectivity index (χ1v) is 6.68. The molecule has 106 valence electrons. The smallest absolute Gasteiger partial charge is 0.230 e. The van der Waals surface area contributed by atoms with Crippen LogP contribution in [0.4, 0.5) is 10.2 Å². The molecule has 2 aromatic carbocycles. The Hall–Kier alpha value is -2.40. The summed E-state index contributed by atoms with van der Waals surface area (Å²) >= 11 is 5.87. The molecule has 3 rings (SSSR count). The molecule has 3 aromatic rings. The molecule has 0 fully saturated rings. The molecule has 0 saturated carbocycles. The van der Waals surface area contributed by atoms with Gasteiger partial charge < -0.3 is 5.32 Å². The van der Waals surface area contributed by atoms with Crippen LogP contribution in [0.25, 0.3) is 10.9 Å². The van der Waals surface area contributed by atoms with Crippen molar-refractivity contribution in [1.29, 1.82) is 0 Å². The van der Waals surface area contributed by atoms with Crippen LogP contribution in [0.3, 0.4) is 0 Å². The van der Waals surface area contributed by atoms with E-state index in [2.05, 4.69) is 15.5 Å². The van der Waals surface area contributed by atoms with Crippen molar-refractivity contribution in [2.75, 3.05) is 5.32 Å². The Morgan fingerprint density at radius 2 is 2.10 bits per heavy atom. The van der Waals surface area contributed by atoms with Crippen LogP contribution in [0.2, 0.25) is 5.02 Å². The summed E-state index contributed by atoms with van der Waals surface area (Å²) in [4.78, 5) is 12.0. The maximum absolute atomic E-state index is 13.8. The zero-order valence-corrected chi connectivity index (χ0v) is 11.6. The number of fused-ring (bicyclic) bond motifs is 1. The van der Waals surface area contributed by atoms with Crippen molar-refractivity contribution < 1.29 is 9.18 Å². The first-order chi connectivity index (χ1) is 10.1. The summed E-state index contributed by atoms with van der Waals surface area (Å²) in [6.07, 6.45) is 0.142. The van der Waals surface area contributed by atoms with Gasteiger partial charge in [-0.1, -0.05) is 29.8 Å². The molecule has 0 saturated heterocycles. The van der Waals surface area contributed by atoms with Gasteiger partial charge >= 0.3 is 0 Å². The predicted molar refractivity (Wildman–Crippen MR) is 79.8 cm³/mol. The molecule has 4 nitrogen and oxygen atoms in total. The molecule has 0 aliphatic carbocycles. The lowest BCUT2D eigenvalue weighted by molar-refractivity contribution is -0.115. The van der Waals surface area contributed by atoms with Crippen LogP contribution in [0, 0.1) is 5.82 Å². The fourth-order valence-corrected chi connectivity index (χ4v) is 2.34.